The van der Waals surface area contributed by atoms with E-state index in [1.807, 2.05) is 19.9 Å². The molecule has 21 heavy (non-hydrogen) atoms. The highest BCUT2D eigenvalue weighted by Gasteiger charge is 2.53. The summed E-state index contributed by atoms with van der Waals surface area (Å²) in [5.41, 5.74) is 0.722. The highest BCUT2D eigenvalue weighted by Crippen LogP contribution is 2.44. The number of carbonyl (C=O) groups excluding carboxylic acids is 3. The van der Waals surface area contributed by atoms with Crippen molar-refractivity contribution in [3.63, 3.8) is 0 Å². The van der Waals surface area contributed by atoms with E-state index in [1.54, 1.807) is 13.8 Å². The first kappa shape index (κ1) is 17.1. The molecule has 0 radical (unpaired) electrons. The van der Waals surface area contributed by atoms with Crippen molar-refractivity contribution in [3.05, 3.63) is 22.8 Å². The summed E-state index contributed by atoms with van der Waals surface area (Å²) in [4.78, 5) is 35.8. The Kier molecular flexibility index (Phi) is 5.88. The summed E-state index contributed by atoms with van der Waals surface area (Å²) in [5.74, 6) is -1.25. The molecule has 0 amide bonds. The van der Waals surface area contributed by atoms with E-state index in [2.05, 4.69) is 0 Å². The smallest absolute Gasteiger partial charge is 0.324 e. The molecular weight excluding hydrogens is 272 g/mol. The molecule has 0 heterocycles. The molecule has 0 N–H and O–H groups in total. The van der Waals surface area contributed by atoms with Crippen LogP contribution in [-0.4, -0.2) is 31.4 Å². The number of esters is 2. The standard InChI is InChI=1S/C16H22O5/c1-5-20-14(18)16(15(19)21-6-2)8-12(7-11(3)4)13(9-16)10-17/h7,10H,5-6,8-9H2,1-4H3. The molecule has 1 aliphatic rings. The molecule has 0 bridgehead atoms. The predicted octanol–water partition coefficient (Wildman–Crippen LogP) is 2.35. The fourth-order valence-corrected chi connectivity index (χ4v) is 2.46. The lowest BCUT2D eigenvalue weighted by Crippen LogP contribution is -2.40. The Balaban J connectivity index is 3.20. The van der Waals surface area contributed by atoms with Crippen molar-refractivity contribution in [1.29, 1.82) is 0 Å². The second-order valence-corrected chi connectivity index (χ2v) is 5.27. The van der Waals surface area contributed by atoms with E-state index in [4.69, 9.17) is 9.47 Å². The normalized spacial score (nSPS) is 16.4. The van der Waals surface area contributed by atoms with Gasteiger partial charge in [-0.05, 0) is 45.3 Å². The summed E-state index contributed by atoms with van der Waals surface area (Å²) in [6.07, 6.45) is 2.70. The van der Waals surface area contributed by atoms with Crippen molar-refractivity contribution in [1.82, 2.24) is 0 Å². The molecule has 116 valence electrons. The maximum absolute atomic E-state index is 12.3. The average molecular weight is 294 g/mol. The number of ether oxygens (including phenoxy) is 2. The zero-order chi connectivity index (χ0) is 16.0. The molecule has 0 saturated heterocycles. The SMILES string of the molecule is CCOC(=O)C1(C(=O)OCC)CC(C=O)=C(C=C(C)C)C1. The van der Waals surface area contributed by atoms with Crippen LogP contribution >= 0.6 is 0 Å². The Hall–Kier alpha value is -1.91. The molecule has 1 aliphatic carbocycles. The van der Waals surface area contributed by atoms with Crippen molar-refractivity contribution < 1.29 is 23.9 Å². The molecule has 0 fully saturated rings. The fourth-order valence-electron chi connectivity index (χ4n) is 2.46. The monoisotopic (exact) mass is 294 g/mol. The van der Waals surface area contributed by atoms with Crippen LogP contribution in [0.15, 0.2) is 22.8 Å². The first-order valence-corrected chi connectivity index (χ1v) is 7.07. The lowest BCUT2D eigenvalue weighted by atomic mass is 9.83. The van der Waals surface area contributed by atoms with Gasteiger partial charge in [-0.3, -0.25) is 14.4 Å². The van der Waals surface area contributed by atoms with Crippen molar-refractivity contribution >= 4 is 18.2 Å². The number of aldehydes is 1. The van der Waals surface area contributed by atoms with Gasteiger partial charge < -0.3 is 9.47 Å². The number of hydrogen-bond acceptors (Lipinski definition) is 5. The van der Waals surface area contributed by atoms with E-state index >= 15 is 0 Å². The number of carbonyl (C=O) groups is 3. The van der Waals surface area contributed by atoms with E-state index in [1.165, 1.54) is 0 Å². The topological polar surface area (TPSA) is 69.7 Å². The highest BCUT2D eigenvalue weighted by molar-refractivity contribution is 6.03. The summed E-state index contributed by atoms with van der Waals surface area (Å²) in [6.45, 7) is 7.49. The lowest BCUT2D eigenvalue weighted by molar-refractivity contribution is -0.171. The fraction of sp³-hybridized carbons (Fsp3) is 0.562. The van der Waals surface area contributed by atoms with Crippen LogP contribution in [0.25, 0.3) is 0 Å². The first-order chi connectivity index (χ1) is 9.91. The summed E-state index contributed by atoms with van der Waals surface area (Å²) >= 11 is 0. The van der Waals surface area contributed by atoms with Crippen molar-refractivity contribution in [2.24, 2.45) is 5.41 Å². The Morgan fingerprint density at radius 3 is 1.90 bits per heavy atom. The molecule has 1 rings (SSSR count). The minimum atomic E-state index is -1.43. The minimum Gasteiger partial charge on any atom is -0.465 e. The van der Waals surface area contributed by atoms with Gasteiger partial charge in [0.25, 0.3) is 0 Å². The van der Waals surface area contributed by atoms with Gasteiger partial charge in [0.1, 0.15) is 6.29 Å². The number of allylic oxidation sites excluding steroid dienone is 4. The van der Waals surface area contributed by atoms with Crippen LogP contribution in [0.5, 0.6) is 0 Å². The summed E-state index contributed by atoms with van der Waals surface area (Å²) < 4.78 is 10.1. The molecule has 0 saturated carbocycles. The third kappa shape index (κ3) is 3.60. The third-order valence-corrected chi connectivity index (χ3v) is 3.33. The second kappa shape index (κ2) is 7.20. The maximum Gasteiger partial charge on any atom is 0.324 e. The van der Waals surface area contributed by atoms with Crippen LogP contribution < -0.4 is 0 Å². The summed E-state index contributed by atoms with van der Waals surface area (Å²) in [5, 5.41) is 0. The predicted molar refractivity (Wildman–Crippen MR) is 77.5 cm³/mol. The Morgan fingerprint density at radius 1 is 1.05 bits per heavy atom. The summed E-state index contributed by atoms with van der Waals surface area (Å²) in [7, 11) is 0. The highest BCUT2D eigenvalue weighted by atomic mass is 16.6. The molecular formula is C16H22O5. The van der Waals surface area contributed by atoms with Gasteiger partial charge in [0.05, 0.1) is 13.2 Å². The van der Waals surface area contributed by atoms with Crippen molar-refractivity contribution in [3.8, 4) is 0 Å². The van der Waals surface area contributed by atoms with Crippen LogP contribution in [-0.2, 0) is 23.9 Å². The lowest BCUT2D eigenvalue weighted by Gasteiger charge is -2.24. The average Bonchev–Trinajstić information content (AvgIpc) is 2.78. The zero-order valence-electron chi connectivity index (χ0n) is 13.0. The number of hydrogen-bond donors (Lipinski definition) is 0. The van der Waals surface area contributed by atoms with Gasteiger partial charge in [-0.1, -0.05) is 11.6 Å². The Bertz CT molecular complexity index is 477. The quantitative estimate of drug-likeness (QED) is 0.427. The largest absolute Gasteiger partial charge is 0.465 e. The van der Waals surface area contributed by atoms with Crippen LogP contribution in [0.2, 0.25) is 0 Å². The molecule has 0 aromatic rings. The first-order valence-electron chi connectivity index (χ1n) is 7.07. The van der Waals surface area contributed by atoms with Gasteiger partial charge in [0.15, 0.2) is 5.41 Å². The second-order valence-electron chi connectivity index (χ2n) is 5.27. The van der Waals surface area contributed by atoms with Gasteiger partial charge in [0.2, 0.25) is 0 Å². The van der Waals surface area contributed by atoms with E-state index in [0.29, 0.717) is 17.4 Å². The van der Waals surface area contributed by atoms with E-state index in [0.717, 1.165) is 5.57 Å². The van der Waals surface area contributed by atoms with Crippen LogP contribution in [0.4, 0.5) is 0 Å². The van der Waals surface area contributed by atoms with E-state index in [-0.39, 0.29) is 26.1 Å². The molecule has 0 spiro atoms. The van der Waals surface area contributed by atoms with Crippen LogP contribution in [0.3, 0.4) is 0 Å². The Labute approximate surface area is 125 Å². The molecule has 0 aromatic carbocycles. The molecule has 5 nitrogen and oxygen atoms in total. The summed E-state index contributed by atoms with van der Waals surface area (Å²) in [6, 6.07) is 0. The van der Waals surface area contributed by atoms with Gasteiger partial charge in [0, 0.05) is 6.42 Å². The third-order valence-electron chi connectivity index (χ3n) is 3.33. The molecule has 0 atom stereocenters. The van der Waals surface area contributed by atoms with Crippen molar-refractivity contribution in [2.75, 3.05) is 13.2 Å². The van der Waals surface area contributed by atoms with E-state index < -0.39 is 17.4 Å². The molecule has 0 unspecified atom stereocenters. The number of rotatable bonds is 6. The van der Waals surface area contributed by atoms with Gasteiger partial charge in [-0.25, -0.2) is 0 Å². The van der Waals surface area contributed by atoms with Gasteiger partial charge >= 0.3 is 11.9 Å². The zero-order valence-corrected chi connectivity index (χ0v) is 13.0. The molecule has 0 aromatic heterocycles. The van der Waals surface area contributed by atoms with E-state index in [9.17, 15) is 14.4 Å². The minimum absolute atomic E-state index is 0.0350. The van der Waals surface area contributed by atoms with Crippen molar-refractivity contribution in [2.45, 2.75) is 40.5 Å². The molecule has 0 aliphatic heterocycles. The van der Waals surface area contributed by atoms with Crippen LogP contribution in [0, 0.1) is 5.41 Å². The maximum atomic E-state index is 12.3. The van der Waals surface area contributed by atoms with Gasteiger partial charge in [-0.15, -0.1) is 0 Å². The van der Waals surface area contributed by atoms with Crippen LogP contribution in [0.1, 0.15) is 40.5 Å². The Morgan fingerprint density at radius 2 is 1.52 bits per heavy atom. The molecule has 5 heteroatoms. The van der Waals surface area contributed by atoms with Gasteiger partial charge in [-0.2, -0.15) is 0 Å².